The van der Waals surface area contributed by atoms with Gasteiger partial charge in [-0.2, -0.15) is 0 Å². The summed E-state index contributed by atoms with van der Waals surface area (Å²) < 4.78 is 16.5. The summed E-state index contributed by atoms with van der Waals surface area (Å²) in [6.45, 7) is 1.03. The van der Waals surface area contributed by atoms with Crippen LogP contribution in [-0.2, 0) is 13.2 Å². The maximum absolute atomic E-state index is 5.95. The van der Waals surface area contributed by atoms with E-state index in [2.05, 4.69) is 0 Å². The van der Waals surface area contributed by atoms with E-state index >= 15 is 0 Å². The molecule has 0 atom stereocenters. The van der Waals surface area contributed by atoms with Crippen molar-refractivity contribution in [2.45, 2.75) is 13.2 Å². The molecule has 3 rings (SSSR count). The molecule has 5 heteroatoms. The Kier molecular flexibility index (Phi) is 3.67. The molecule has 0 saturated heterocycles. The first-order valence-corrected chi connectivity index (χ1v) is 6.64. The monoisotopic (exact) mass is 291 g/mol. The van der Waals surface area contributed by atoms with Crippen LogP contribution in [0.25, 0.3) is 0 Å². The van der Waals surface area contributed by atoms with E-state index in [0.29, 0.717) is 35.4 Å². The highest BCUT2D eigenvalue weighted by molar-refractivity contribution is 6.30. The fraction of sp³-hybridized carbons (Fsp3) is 0.200. The molecule has 1 heterocycles. The van der Waals surface area contributed by atoms with E-state index in [9.17, 15) is 0 Å². The van der Waals surface area contributed by atoms with Crippen molar-refractivity contribution in [1.82, 2.24) is 0 Å². The number of rotatable bonds is 4. The zero-order chi connectivity index (χ0) is 13.9. The molecule has 2 aromatic rings. The Morgan fingerprint density at radius 2 is 1.95 bits per heavy atom. The smallest absolute Gasteiger partial charge is 0.231 e. The average Bonchev–Trinajstić information content (AvgIpc) is 2.91. The molecular formula is C15H14ClNO3. The predicted molar refractivity (Wildman–Crippen MR) is 76.2 cm³/mol. The van der Waals surface area contributed by atoms with Gasteiger partial charge in [0.15, 0.2) is 11.5 Å². The highest BCUT2D eigenvalue weighted by atomic mass is 35.5. The molecular weight excluding hydrogens is 278 g/mol. The first-order chi connectivity index (χ1) is 9.76. The van der Waals surface area contributed by atoms with Crippen molar-refractivity contribution >= 4 is 11.6 Å². The molecule has 0 aliphatic carbocycles. The van der Waals surface area contributed by atoms with Crippen LogP contribution in [0.2, 0.25) is 5.02 Å². The molecule has 0 bridgehead atoms. The summed E-state index contributed by atoms with van der Waals surface area (Å²) >= 11 is 5.95. The summed E-state index contributed by atoms with van der Waals surface area (Å²) in [5.74, 6) is 2.10. The largest absolute Gasteiger partial charge is 0.488 e. The van der Waals surface area contributed by atoms with Crippen LogP contribution in [0.3, 0.4) is 0 Å². The summed E-state index contributed by atoms with van der Waals surface area (Å²) in [4.78, 5) is 0. The van der Waals surface area contributed by atoms with Gasteiger partial charge in [0.1, 0.15) is 12.4 Å². The van der Waals surface area contributed by atoms with Crippen molar-refractivity contribution in [3.63, 3.8) is 0 Å². The number of hydrogen-bond donors (Lipinski definition) is 1. The van der Waals surface area contributed by atoms with Gasteiger partial charge in [-0.25, -0.2) is 0 Å². The number of ether oxygens (including phenoxy) is 3. The van der Waals surface area contributed by atoms with Gasteiger partial charge in [-0.1, -0.05) is 23.7 Å². The second-order valence-electron chi connectivity index (χ2n) is 4.44. The molecule has 0 spiro atoms. The van der Waals surface area contributed by atoms with Crippen LogP contribution >= 0.6 is 11.6 Å². The van der Waals surface area contributed by atoms with Crippen LogP contribution in [0.15, 0.2) is 36.4 Å². The lowest BCUT2D eigenvalue weighted by Crippen LogP contribution is -2.03. The Morgan fingerprint density at radius 1 is 1.15 bits per heavy atom. The van der Waals surface area contributed by atoms with E-state index in [0.717, 1.165) is 11.1 Å². The lowest BCUT2D eigenvalue weighted by atomic mass is 10.1. The third-order valence-corrected chi connectivity index (χ3v) is 3.29. The van der Waals surface area contributed by atoms with E-state index in [1.165, 1.54) is 0 Å². The van der Waals surface area contributed by atoms with Gasteiger partial charge in [-0.3, -0.25) is 0 Å². The summed E-state index contributed by atoms with van der Waals surface area (Å²) in [6, 6.07) is 11.2. The van der Waals surface area contributed by atoms with Crippen LogP contribution in [0.5, 0.6) is 17.2 Å². The standard InChI is InChI=1S/C15H14ClNO3/c16-12-3-1-2-10(4-12)8-18-13-6-15-14(19-9-20-15)5-11(13)7-17/h1-6H,7-9,17H2. The van der Waals surface area contributed by atoms with Crippen molar-refractivity contribution < 1.29 is 14.2 Å². The quantitative estimate of drug-likeness (QED) is 0.940. The molecule has 1 aliphatic rings. The minimum Gasteiger partial charge on any atom is -0.488 e. The lowest BCUT2D eigenvalue weighted by molar-refractivity contribution is 0.173. The van der Waals surface area contributed by atoms with Crippen LogP contribution in [0.1, 0.15) is 11.1 Å². The van der Waals surface area contributed by atoms with Gasteiger partial charge >= 0.3 is 0 Å². The topological polar surface area (TPSA) is 53.7 Å². The van der Waals surface area contributed by atoms with Gasteiger partial charge in [0.05, 0.1) is 0 Å². The molecule has 2 N–H and O–H groups in total. The maximum atomic E-state index is 5.95. The molecule has 0 amide bonds. The van der Waals surface area contributed by atoms with Crippen molar-refractivity contribution in [2.75, 3.05) is 6.79 Å². The van der Waals surface area contributed by atoms with Crippen LogP contribution < -0.4 is 19.9 Å². The Morgan fingerprint density at radius 3 is 2.70 bits per heavy atom. The Balaban J connectivity index is 1.80. The molecule has 1 aliphatic heterocycles. The SMILES string of the molecule is NCc1cc2c(cc1OCc1cccc(Cl)c1)OCO2. The highest BCUT2D eigenvalue weighted by Crippen LogP contribution is 2.38. The van der Waals surface area contributed by atoms with Crippen LogP contribution in [0, 0.1) is 0 Å². The van der Waals surface area contributed by atoms with E-state index in [-0.39, 0.29) is 6.79 Å². The fourth-order valence-corrected chi connectivity index (χ4v) is 2.26. The van der Waals surface area contributed by atoms with Crippen molar-refractivity contribution in [3.05, 3.63) is 52.5 Å². The number of fused-ring (bicyclic) bond motifs is 1. The molecule has 2 aromatic carbocycles. The van der Waals surface area contributed by atoms with Crippen molar-refractivity contribution in [3.8, 4) is 17.2 Å². The number of benzene rings is 2. The molecule has 20 heavy (non-hydrogen) atoms. The maximum Gasteiger partial charge on any atom is 0.231 e. The number of hydrogen-bond acceptors (Lipinski definition) is 4. The summed E-state index contributed by atoms with van der Waals surface area (Å²) in [7, 11) is 0. The Labute approximate surface area is 122 Å². The zero-order valence-corrected chi connectivity index (χ0v) is 11.5. The van der Waals surface area contributed by atoms with Gasteiger partial charge < -0.3 is 19.9 Å². The first-order valence-electron chi connectivity index (χ1n) is 6.26. The third kappa shape index (κ3) is 2.66. The Bertz CT molecular complexity index is 631. The van der Waals surface area contributed by atoms with E-state index in [1.54, 1.807) is 0 Å². The van der Waals surface area contributed by atoms with Crippen LogP contribution in [0.4, 0.5) is 0 Å². The third-order valence-electron chi connectivity index (χ3n) is 3.06. The molecule has 0 radical (unpaired) electrons. The Hall–Kier alpha value is -1.91. The van der Waals surface area contributed by atoms with Crippen LogP contribution in [-0.4, -0.2) is 6.79 Å². The number of halogens is 1. The number of nitrogens with two attached hydrogens (primary N) is 1. The highest BCUT2D eigenvalue weighted by Gasteiger charge is 2.17. The van der Waals surface area contributed by atoms with Gasteiger partial charge in [0.2, 0.25) is 6.79 Å². The second kappa shape index (κ2) is 5.61. The first kappa shape index (κ1) is 13.1. The average molecular weight is 292 g/mol. The minimum absolute atomic E-state index is 0.233. The fourth-order valence-electron chi connectivity index (χ4n) is 2.05. The van der Waals surface area contributed by atoms with E-state index in [4.69, 9.17) is 31.5 Å². The molecule has 0 fully saturated rings. The van der Waals surface area contributed by atoms with Crippen molar-refractivity contribution in [2.24, 2.45) is 5.73 Å². The van der Waals surface area contributed by atoms with Gasteiger partial charge in [0, 0.05) is 23.2 Å². The molecule has 0 aromatic heterocycles. The predicted octanol–water partition coefficient (Wildman–Crippen LogP) is 3.11. The second-order valence-corrected chi connectivity index (χ2v) is 4.87. The van der Waals surface area contributed by atoms with E-state index in [1.807, 2.05) is 36.4 Å². The van der Waals surface area contributed by atoms with E-state index < -0.39 is 0 Å². The summed E-state index contributed by atoms with van der Waals surface area (Å²) in [6.07, 6.45) is 0. The molecule has 0 unspecified atom stereocenters. The zero-order valence-electron chi connectivity index (χ0n) is 10.8. The van der Waals surface area contributed by atoms with Gasteiger partial charge in [0.25, 0.3) is 0 Å². The van der Waals surface area contributed by atoms with Crippen molar-refractivity contribution in [1.29, 1.82) is 0 Å². The summed E-state index contributed by atoms with van der Waals surface area (Å²) in [5.41, 5.74) is 7.62. The van der Waals surface area contributed by atoms with Gasteiger partial charge in [-0.05, 0) is 23.8 Å². The molecule has 0 saturated carbocycles. The summed E-state index contributed by atoms with van der Waals surface area (Å²) in [5, 5.41) is 0.691. The normalized spacial score (nSPS) is 12.5. The minimum atomic E-state index is 0.233. The van der Waals surface area contributed by atoms with Gasteiger partial charge in [-0.15, -0.1) is 0 Å². The lowest BCUT2D eigenvalue weighted by Gasteiger charge is -2.11. The molecule has 104 valence electrons. The molecule has 4 nitrogen and oxygen atoms in total.